The Kier molecular flexibility index (Phi) is 3.78. The van der Waals surface area contributed by atoms with Gasteiger partial charge in [-0.2, -0.15) is 0 Å². The van der Waals surface area contributed by atoms with Gasteiger partial charge in [-0.15, -0.1) is 0 Å². The van der Waals surface area contributed by atoms with Crippen molar-refractivity contribution in [2.45, 2.75) is 5.22 Å². The fraction of sp³-hybridized carbons (Fsp3) is 0.143. The molecule has 0 fully saturated rings. The largest absolute Gasteiger partial charge is 0.431 e. The number of aromatic nitrogens is 3. The van der Waals surface area contributed by atoms with E-state index in [1.807, 2.05) is 12.1 Å². The minimum Gasteiger partial charge on any atom is -0.431 e. The van der Waals surface area contributed by atoms with Crippen molar-refractivity contribution in [2.24, 2.45) is 7.05 Å². The van der Waals surface area contributed by atoms with E-state index in [1.165, 1.54) is 7.05 Å². The molecule has 2 heterocycles. The van der Waals surface area contributed by atoms with Gasteiger partial charge < -0.3 is 10.2 Å². The third kappa shape index (κ3) is 2.78. The number of fused-ring (bicyclic) bond motifs is 1. The van der Waals surface area contributed by atoms with Gasteiger partial charge in [-0.3, -0.25) is 19.1 Å². The zero-order chi connectivity index (χ0) is 16.6. The average Bonchev–Trinajstić information content (AvgIpc) is 2.93. The van der Waals surface area contributed by atoms with Crippen molar-refractivity contribution in [3.8, 4) is 0 Å². The highest BCUT2D eigenvalue weighted by Crippen LogP contribution is 2.23. The van der Waals surface area contributed by atoms with Crippen LogP contribution in [0.5, 0.6) is 0 Å². The predicted octanol–water partition coefficient (Wildman–Crippen LogP) is 0.772. The number of nitrogen functional groups attached to an aromatic ring is 1. The SMILES string of the molecule is Cn1c(N)c(C(=O)CSc2nc3ccccc3o2)c(=O)[nH]c1=O. The second-order valence-electron chi connectivity index (χ2n) is 4.74. The topological polar surface area (TPSA) is 124 Å². The number of ketones is 1. The zero-order valence-corrected chi connectivity index (χ0v) is 12.8. The number of rotatable bonds is 4. The monoisotopic (exact) mass is 332 g/mol. The van der Waals surface area contributed by atoms with Crippen LogP contribution in [0, 0.1) is 0 Å². The fourth-order valence-electron chi connectivity index (χ4n) is 2.02. The van der Waals surface area contributed by atoms with Gasteiger partial charge in [0.1, 0.15) is 16.9 Å². The minimum absolute atomic E-state index is 0.0850. The molecule has 0 aliphatic rings. The van der Waals surface area contributed by atoms with E-state index in [0.717, 1.165) is 16.3 Å². The molecule has 0 atom stereocenters. The van der Waals surface area contributed by atoms with Crippen LogP contribution < -0.4 is 17.0 Å². The Bertz CT molecular complexity index is 985. The number of nitrogens with two attached hydrogens (primary N) is 1. The van der Waals surface area contributed by atoms with Gasteiger partial charge in [0.25, 0.3) is 10.8 Å². The van der Waals surface area contributed by atoms with Crippen molar-refractivity contribution in [3.05, 3.63) is 50.7 Å². The number of hydrogen-bond donors (Lipinski definition) is 2. The Hall–Kier alpha value is -2.81. The summed E-state index contributed by atoms with van der Waals surface area (Å²) in [6.45, 7) is 0. The molecule has 0 spiro atoms. The lowest BCUT2D eigenvalue weighted by Gasteiger charge is -2.06. The van der Waals surface area contributed by atoms with Gasteiger partial charge in [-0.25, -0.2) is 9.78 Å². The molecule has 1 aromatic carbocycles. The molecule has 118 valence electrons. The molecule has 0 unspecified atom stereocenters. The number of nitrogens with zero attached hydrogens (tertiary/aromatic N) is 2. The molecule has 3 aromatic rings. The van der Waals surface area contributed by atoms with Crippen LogP contribution in [0.15, 0.2) is 43.5 Å². The van der Waals surface area contributed by atoms with Crippen LogP contribution in [0.2, 0.25) is 0 Å². The standard InChI is InChI=1S/C14H12N4O4S/c1-18-11(15)10(12(20)17-13(18)21)8(19)6-23-14-16-7-4-2-3-5-9(7)22-14/h2-5H,6,15H2,1H3,(H,17,20,21). The van der Waals surface area contributed by atoms with Crippen LogP contribution in [0.3, 0.4) is 0 Å². The van der Waals surface area contributed by atoms with Crippen LogP contribution in [-0.2, 0) is 7.05 Å². The summed E-state index contributed by atoms with van der Waals surface area (Å²) >= 11 is 1.05. The van der Waals surface area contributed by atoms with Crippen molar-refractivity contribution in [1.82, 2.24) is 14.5 Å². The van der Waals surface area contributed by atoms with Gasteiger partial charge in [0.05, 0.1) is 5.75 Å². The summed E-state index contributed by atoms with van der Waals surface area (Å²) in [4.78, 5) is 41.7. The Labute approximate surface area is 133 Å². The lowest BCUT2D eigenvalue weighted by molar-refractivity contribution is 0.102. The molecule has 0 amide bonds. The molecular formula is C14H12N4O4S. The molecule has 3 rings (SSSR count). The number of thioether (sulfide) groups is 1. The van der Waals surface area contributed by atoms with Gasteiger partial charge >= 0.3 is 5.69 Å². The van der Waals surface area contributed by atoms with Crippen LogP contribution in [0.1, 0.15) is 10.4 Å². The highest BCUT2D eigenvalue weighted by atomic mass is 32.2. The molecular weight excluding hydrogens is 320 g/mol. The first-order chi connectivity index (χ1) is 11.0. The van der Waals surface area contributed by atoms with Crippen LogP contribution in [0.25, 0.3) is 11.1 Å². The Morgan fingerprint density at radius 3 is 2.87 bits per heavy atom. The summed E-state index contributed by atoms with van der Waals surface area (Å²) in [5.74, 6) is -0.758. The summed E-state index contributed by atoms with van der Waals surface area (Å²) in [7, 11) is 1.37. The smallest absolute Gasteiger partial charge is 0.329 e. The van der Waals surface area contributed by atoms with E-state index in [9.17, 15) is 14.4 Å². The van der Waals surface area contributed by atoms with E-state index >= 15 is 0 Å². The summed E-state index contributed by atoms with van der Waals surface area (Å²) in [5, 5.41) is 0.319. The normalized spacial score (nSPS) is 11.0. The number of hydrogen-bond acceptors (Lipinski definition) is 7. The number of oxazole rings is 1. The van der Waals surface area contributed by atoms with Gasteiger partial charge in [-0.1, -0.05) is 23.9 Å². The van der Waals surface area contributed by atoms with E-state index in [0.29, 0.717) is 16.3 Å². The molecule has 0 aliphatic heterocycles. The van der Waals surface area contributed by atoms with E-state index in [4.69, 9.17) is 10.2 Å². The Morgan fingerprint density at radius 2 is 2.13 bits per heavy atom. The molecule has 0 bridgehead atoms. The van der Waals surface area contributed by atoms with Crippen molar-refractivity contribution < 1.29 is 9.21 Å². The first-order valence-corrected chi connectivity index (χ1v) is 7.56. The number of para-hydroxylation sites is 2. The number of carbonyl (C=O) groups excluding carboxylic acids is 1. The molecule has 9 heteroatoms. The molecule has 0 saturated carbocycles. The number of aromatic amines is 1. The predicted molar refractivity (Wildman–Crippen MR) is 85.8 cm³/mol. The number of H-pyrrole nitrogens is 1. The van der Waals surface area contributed by atoms with Crippen molar-refractivity contribution in [3.63, 3.8) is 0 Å². The van der Waals surface area contributed by atoms with Crippen LogP contribution >= 0.6 is 11.8 Å². The van der Waals surface area contributed by atoms with E-state index < -0.39 is 17.0 Å². The fourth-order valence-corrected chi connectivity index (χ4v) is 2.73. The maximum absolute atomic E-state index is 12.2. The maximum Gasteiger partial charge on any atom is 0.329 e. The third-order valence-corrected chi connectivity index (χ3v) is 4.08. The van der Waals surface area contributed by atoms with Gasteiger partial charge in [-0.05, 0) is 12.1 Å². The van der Waals surface area contributed by atoms with E-state index in [-0.39, 0.29) is 17.1 Å². The van der Waals surface area contributed by atoms with Crippen molar-refractivity contribution in [1.29, 1.82) is 0 Å². The summed E-state index contributed by atoms with van der Waals surface area (Å²) < 4.78 is 6.50. The number of carbonyl (C=O) groups is 1. The lowest BCUT2D eigenvalue weighted by atomic mass is 10.2. The quantitative estimate of drug-likeness (QED) is 0.534. The maximum atomic E-state index is 12.2. The second-order valence-corrected chi connectivity index (χ2v) is 5.66. The second kappa shape index (κ2) is 5.76. The highest BCUT2D eigenvalue weighted by molar-refractivity contribution is 7.99. The van der Waals surface area contributed by atoms with E-state index in [2.05, 4.69) is 9.97 Å². The molecule has 8 nitrogen and oxygen atoms in total. The molecule has 2 aromatic heterocycles. The Morgan fingerprint density at radius 1 is 1.39 bits per heavy atom. The van der Waals surface area contributed by atoms with Crippen molar-refractivity contribution >= 4 is 34.5 Å². The van der Waals surface area contributed by atoms with Gasteiger partial charge in [0.2, 0.25) is 0 Å². The minimum atomic E-state index is -0.797. The lowest BCUT2D eigenvalue weighted by Crippen LogP contribution is -2.35. The number of anilines is 1. The van der Waals surface area contributed by atoms with Gasteiger partial charge in [0.15, 0.2) is 11.4 Å². The van der Waals surface area contributed by atoms with Gasteiger partial charge in [0, 0.05) is 7.05 Å². The summed E-state index contributed by atoms with van der Waals surface area (Å²) in [6, 6.07) is 7.21. The average molecular weight is 332 g/mol. The molecule has 3 N–H and O–H groups in total. The first kappa shape index (κ1) is 15.1. The molecule has 23 heavy (non-hydrogen) atoms. The summed E-state index contributed by atoms with van der Waals surface area (Å²) in [6.07, 6.45) is 0. The zero-order valence-electron chi connectivity index (χ0n) is 12.0. The van der Waals surface area contributed by atoms with Crippen LogP contribution in [0.4, 0.5) is 5.82 Å². The molecule has 0 aliphatic carbocycles. The van der Waals surface area contributed by atoms with E-state index in [1.54, 1.807) is 12.1 Å². The Balaban J connectivity index is 1.84. The third-order valence-electron chi connectivity index (χ3n) is 3.25. The molecule has 0 saturated heterocycles. The number of Topliss-reactive ketones (excluding diaryl/α,β-unsaturated/α-hetero) is 1. The first-order valence-electron chi connectivity index (χ1n) is 6.57. The summed E-state index contributed by atoms with van der Waals surface area (Å²) in [5.41, 5.74) is 5.28. The molecule has 0 radical (unpaired) electrons. The highest BCUT2D eigenvalue weighted by Gasteiger charge is 2.19. The van der Waals surface area contributed by atoms with Crippen LogP contribution in [-0.4, -0.2) is 26.1 Å². The van der Waals surface area contributed by atoms with Crippen molar-refractivity contribution in [2.75, 3.05) is 11.5 Å². The number of nitrogens with one attached hydrogen (secondary N) is 1. The number of benzene rings is 1.